The van der Waals surface area contributed by atoms with Gasteiger partial charge in [-0.15, -0.1) is 0 Å². The fraction of sp³-hybridized carbons (Fsp3) is 0.600. The molecule has 1 aliphatic rings. The molecule has 7 heteroatoms. The highest BCUT2D eigenvalue weighted by molar-refractivity contribution is 6.47. The molecule has 1 N–H and O–H groups in total. The minimum absolute atomic E-state index is 0.000707. The molecule has 1 aliphatic heterocycles. The first-order valence-electron chi connectivity index (χ1n) is 7.33. The summed E-state index contributed by atoms with van der Waals surface area (Å²) in [5.74, 6) is -0.303. The Labute approximate surface area is 130 Å². The van der Waals surface area contributed by atoms with Gasteiger partial charge in [-0.3, -0.25) is 10.1 Å². The Morgan fingerprint density at radius 1 is 1.14 bits per heavy atom. The van der Waals surface area contributed by atoms with Crippen LogP contribution in [0.3, 0.4) is 0 Å². The molecule has 0 aliphatic carbocycles. The third-order valence-electron chi connectivity index (χ3n) is 4.64. The first-order valence-corrected chi connectivity index (χ1v) is 7.33. The molecule has 1 heterocycles. The molecule has 0 radical (unpaired) electrons. The summed E-state index contributed by atoms with van der Waals surface area (Å²) < 4.78 is 11.9. The van der Waals surface area contributed by atoms with Crippen molar-refractivity contribution in [3.8, 4) is 0 Å². The van der Waals surface area contributed by atoms with Crippen LogP contribution in [0.2, 0.25) is 5.82 Å². The number of non-ortho nitro benzene ring substituents is 1. The number of nitro benzene ring substituents is 1. The summed E-state index contributed by atoms with van der Waals surface area (Å²) in [7, 11) is -0.532. The third-order valence-corrected chi connectivity index (χ3v) is 4.64. The zero-order valence-corrected chi connectivity index (χ0v) is 13.6. The van der Waals surface area contributed by atoms with Gasteiger partial charge in [0.15, 0.2) is 0 Å². The molecule has 1 aromatic carbocycles. The van der Waals surface area contributed by atoms with Crippen LogP contribution in [0.1, 0.15) is 46.3 Å². The number of aliphatic hydroxyl groups excluding tert-OH is 1. The van der Waals surface area contributed by atoms with Crippen molar-refractivity contribution in [2.75, 3.05) is 0 Å². The molecule has 0 bridgehead atoms. The van der Waals surface area contributed by atoms with Crippen molar-refractivity contribution < 1.29 is 19.3 Å². The number of nitro groups is 1. The van der Waals surface area contributed by atoms with E-state index in [-0.39, 0.29) is 11.5 Å². The second-order valence-electron chi connectivity index (χ2n) is 6.78. The number of rotatable bonds is 4. The standard InChI is InChI=1S/C15H22BNO5/c1-10(16-21-14(2,3)15(4,5)22-16)13(18)11-6-8-12(9-7-11)17(19)20/h6-10,13,18H,1-5H3. The predicted molar refractivity (Wildman–Crippen MR) is 83.6 cm³/mol. The number of nitrogens with zero attached hydrogens (tertiary/aromatic N) is 1. The summed E-state index contributed by atoms with van der Waals surface area (Å²) in [6.45, 7) is 9.67. The molecular weight excluding hydrogens is 285 g/mol. The maximum absolute atomic E-state index is 10.7. The van der Waals surface area contributed by atoms with E-state index in [9.17, 15) is 15.2 Å². The van der Waals surface area contributed by atoms with Crippen LogP contribution in [0.4, 0.5) is 5.69 Å². The Morgan fingerprint density at radius 3 is 2.00 bits per heavy atom. The van der Waals surface area contributed by atoms with E-state index in [1.807, 2.05) is 34.6 Å². The van der Waals surface area contributed by atoms with Crippen LogP contribution in [0, 0.1) is 10.1 Å². The highest BCUT2D eigenvalue weighted by atomic mass is 16.7. The fourth-order valence-corrected chi connectivity index (χ4v) is 2.35. The molecule has 1 aromatic rings. The van der Waals surface area contributed by atoms with Gasteiger partial charge in [0, 0.05) is 17.9 Å². The van der Waals surface area contributed by atoms with E-state index in [2.05, 4.69) is 0 Å². The van der Waals surface area contributed by atoms with Gasteiger partial charge in [0.2, 0.25) is 0 Å². The van der Waals surface area contributed by atoms with Crippen LogP contribution in [0.15, 0.2) is 24.3 Å². The lowest BCUT2D eigenvalue weighted by atomic mass is 9.68. The van der Waals surface area contributed by atoms with Crippen molar-refractivity contribution in [3.63, 3.8) is 0 Å². The molecule has 6 nitrogen and oxygen atoms in total. The van der Waals surface area contributed by atoms with E-state index in [1.54, 1.807) is 12.1 Å². The van der Waals surface area contributed by atoms with Gasteiger partial charge in [-0.1, -0.05) is 6.92 Å². The Bertz CT molecular complexity index is 542. The molecular formula is C15H22BNO5. The Hall–Kier alpha value is -1.44. The lowest BCUT2D eigenvalue weighted by molar-refractivity contribution is -0.384. The molecule has 0 amide bonds. The van der Waals surface area contributed by atoms with Crippen LogP contribution in [0.25, 0.3) is 0 Å². The molecule has 1 saturated heterocycles. The van der Waals surface area contributed by atoms with E-state index < -0.39 is 29.3 Å². The van der Waals surface area contributed by atoms with Crippen molar-refractivity contribution in [2.45, 2.75) is 57.7 Å². The van der Waals surface area contributed by atoms with Gasteiger partial charge < -0.3 is 14.4 Å². The van der Waals surface area contributed by atoms with Crippen LogP contribution >= 0.6 is 0 Å². The SMILES string of the molecule is CC(B1OC(C)(C)C(C)(C)O1)C(O)c1ccc([N+](=O)[O-])cc1. The quantitative estimate of drug-likeness (QED) is 0.525. The van der Waals surface area contributed by atoms with Crippen LogP contribution in [-0.4, -0.2) is 28.4 Å². The summed E-state index contributed by atoms with van der Waals surface area (Å²) in [6.07, 6.45) is -0.824. The lowest BCUT2D eigenvalue weighted by Crippen LogP contribution is -2.41. The maximum Gasteiger partial charge on any atom is 0.463 e. The molecule has 120 valence electrons. The minimum atomic E-state index is -0.824. The van der Waals surface area contributed by atoms with Gasteiger partial charge in [0.25, 0.3) is 5.69 Å². The van der Waals surface area contributed by atoms with Gasteiger partial charge in [-0.05, 0) is 45.4 Å². The molecule has 0 spiro atoms. The van der Waals surface area contributed by atoms with Crippen LogP contribution < -0.4 is 0 Å². The van der Waals surface area contributed by atoms with Crippen molar-refractivity contribution in [3.05, 3.63) is 39.9 Å². The Balaban J connectivity index is 2.13. The fourth-order valence-electron chi connectivity index (χ4n) is 2.35. The van der Waals surface area contributed by atoms with Gasteiger partial charge in [-0.25, -0.2) is 0 Å². The van der Waals surface area contributed by atoms with Crippen LogP contribution in [0.5, 0.6) is 0 Å². The van der Waals surface area contributed by atoms with Crippen molar-refractivity contribution in [2.24, 2.45) is 0 Å². The number of benzene rings is 1. The molecule has 2 rings (SSSR count). The normalized spacial score (nSPS) is 22.4. The summed E-state index contributed by atoms with van der Waals surface area (Å²) in [6, 6.07) is 5.89. The summed E-state index contributed by atoms with van der Waals surface area (Å²) >= 11 is 0. The molecule has 0 aromatic heterocycles. The highest BCUT2D eigenvalue weighted by Gasteiger charge is 2.53. The van der Waals surface area contributed by atoms with Crippen molar-refractivity contribution in [1.82, 2.24) is 0 Å². The molecule has 22 heavy (non-hydrogen) atoms. The van der Waals surface area contributed by atoms with Gasteiger partial charge in [0.05, 0.1) is 22.2 Å². The topological polar surface area (TPSA) is 81.8 Å². The van der Waals surface area contributed by atoms with E-state index in [4.69, 9.17) is 9.31 Å². The predicted octanol–water partition coefficient (Wildman–Crippen LogP) is 3.11. The van der Waals surface area contributed by atoms with Crippen molar-refractivity contribution >= 4 is 12.8 Å². The minimum Gasteiger partial charge on any atom is -0.403 e. The summed E-state index contributed by atoms with van der Waals surface area (Å²) in [5.41, 5.74) is -0.311. The average Bonchev–Trinajstić information content (AvgIpc) is 2.66. The molecule has 0 saturated carbocycles. The zero-order chi connectivity index (χ0) is 16.7. The highest BCUT2D eigenvalue weighted by Crippen LogP contribution is 2.43. The Kier molecular flexibility index (Phi) is 4.34. The van der Waals surface area contributed by atoms with E-state index in [0.29, 0.717) is 5.56 Å². The van der Waals surface area contributed by atoms with Crippen LogP contribution in [-0.2, 0) is 9.31 Å². The first kappa shape index (κ1) is 16.9. The van der Waals surface area contributed by atoms with Gasteiger partial charge in [0.1, 0.15) is 0 Å². The van der Waals surface area contributed by atoms with E-state index >= 15 is 0 Å². The second-order valence-corrected chi connectivity index (χ2v) is 6.78. The monoisotopic (exact) mass is 307 g/mol. The molecule has 2 unspecified atom stereocenters. The number of aliphatic hydroxyl groups is 1. The molecule has 1 fully saturated rings. The van der Waals surface area contributed by atoms with E-state index in [1.165, 1.54) is 12.1 Å². The van der Waals surface area contributed by atoms with Crippen molar-refractivity contribution in [1.29, 1.82) is 0 Å². The smallest absolute Gasteiger partial charge is 0.403 e. The van der Waals surface area contributed by atoms with Gasteiger partial charge in [-0.2, -0.15) is 0 Å². The van der Waals surface area contributed by atoms with E-state index in [0.717, 1.165) is 0 Å². The number of hydrogen-bond acceptors (Lipinski definition) is 5. The maximum atomic E-state index is 10.7. The largest absolute Gasteiger partial charge is 0.463 e. The Morgan fingerprint density at radius 2 is 1.59 bits per heavy atom. The summed E-state index contributed by atoms with van der Waals surface area (Å²) in [5, 5.41) is 21.2. The van der Waals surface area contributed by atoms with Gasteiger partial charge >= 0.3 is 7.12 Å². The lowest BCUT2D eigenvalue weighted by Gasteiger charge is -2.32. The summed E-state index contributed by atoms with van der Waals surface area (Å²) in [4.78, 5) is 10.2. The average molecular weight is 307 g/mol. The third kappa shape index (κ3) is 3.02. The molecule has 2 atom stereocenters. The first-order chi connectivity index (χ1) is 10.0. The zero-order valence-electron chi connectivity index (χ0n) is 13.6. The number of hydrogen-bond donors (Lipinski definition) is 1. The second kappa shape index (κ2) is 5.64.